The van der Waals surface area contributed by atoms with Crippen LogP contribution in [0.5, 0.6) is 0 Å². The zero-order valence-corrected chi connectivity index (χ0v) is 9.32. The van der Waals surface area contributed by atoms with Gasteiger partial charge in [-0.2, -0.15) is 0 Å². The zero-order chi connectivity index (χ0) is 10.7. The summed E-state index contributed by atoms with van der Waals surface area (Å²) < 4.78 is 5.35. The number of hydrogen-bond acceptors (Lipinski definition) is 2. The fourth-order valence-electron chi connectivity index (χ4n) is 2.23. The summed E-state index contributed by atoms with van der Waals surface area (Å²) in [5, 5.41) is 4.45. The van der Waals surface area contributed by atoms with Crippen LogP contribution < -0.4 is 5.32 Å². The zero-order valence-electron chi connectivity index (χ0n) is 9.32. The van der Waals surface area contributed by atoms with E-state index >= 15 is 0 Å². The smallest absolute Gasteiger partial charge is 0.227 e. The second kappa shape index (κ2) is 4.94. The van der Waals surface area contributed by atoms with Gasteiger partial charge < -0.3 is 9.64 Å². The third-order valence-electron chi connectivity index (χ3n) is 3.27. The Morgan fingerprint density at radius 2 is 2.20 bits per heavy atom. The fourth-order valence-corrected chi connectivity index (χ4v) is 2.23. The third-order valence-corrected chi connectivity index (χ3v) is 3.27. The molecule has 1 amide bonds. The van der Waals surface area contributed by atoms with Crippen molar-refractivity contribution in [1.29, 1.82) is 0 Å². The maximum Gasteiger partial charge on any atom is 0.227 e. The van der Waals surface area contributed by atoms with E-state index in [-0.39, 0.29) is 17.9 Å². The van der Waals surface area contributed by atoms with Crippen molar-refractivity contribution < 1.29 is 9.53 Å². The summed E-state index contributed by atoms with van der Waals surface area (Å²) in [7, 11) is 0. The Labute approximate surface area is 91.0 Å². The van der Waals surface area contributed by atoms with Crippen LogP contribution in [0.15, 0.2) is 0 Å². The van der Waals surface area contributed by atoms with Gasteiger partial charge in [0.05, 0.1) is 25.2 Å². The second-order valence-corrected chi connectivity index (χ2v) is 4.37. The van der Waals surface area contributed by atoms with Gasteiger partial charge in [0.2, 0.25) is 5.91 Å². The molecular formula is C11H19N2O2. The maximum atomic E-state index is 12.1. The van der Waals surface area contributed by atoms with Crippen molar-refractivity contribution in [3.05, 3.63) is 0 Å². The summed E-state index contributed by atoms with van der Waals surface area (Å²) in [4.78, 5) is 14.0. The molecule has 0 bridgehead atoms. The topological polar surface area (TPSA) is 43.6 Å². The average Bonchev–Trinajstić information content (AvgIpc) is 2.82. The summed E-state index contributed by atoms with van der Waals surface area (Å²) in [5.74, 6) is 0.246. The molecular weight excluding hydrogens is 192 g/mol. The van der Waals surface area contributed by atoms with Crippen LogP contribution in [0.25, 0.3) is 0 Å². The van der Waals surface area contributed by atoms with Crippen molar-refractivity contribution in [2.45, 2.75) is 25.8 Å². The van der Waals surface area contributed by atoms with Crippen molar-refractivity contribution in [3.8, 4) is 0 Å². The van der Waals surface area contributed by atoms with Crippen molar-refractivity contribution in [1.82, 2.24) is 10.2 Å². The third kappa shape index (κ3) is 2.49. The number of carbonyl (C=O) groups excluding carboxylic acids is 1. The molecule has 4 heteroatoms. The highest BCUT2D eigenvalue weighted by atomic mass is 16.5. The molecule has 2 atom stereocenters. The molecule has 2 saturated heterocycles. The minimum atomic E-state index is -0.0107. The summed E-state index contributed by atoms with van der Waals surface area (Å²) in [6.07, 6.45) is 2.30. The summed E-state index contributed by atoms with van der Waals surface area (Å²) in [5.41, 5.74) is 0. The highest BCUT2D eigenvalue weighted by molar-refractivity contribution is 5.79. The van der Waals surface area contributed by atoms with Crippen LogP contribution in [-0.2, 0) is 9.53 Å². The molecule has 0 saturated carbocycles. The lowest BCUT2D eigenvalue weighted by molar-refractivity contribution is -0.136. The Hall–Kier alpha value is -0.610. The van der Waals surface area contributed by atoms with Crippen LogP contribution >= 0.6 is 0 Å². The molecule has 2 aliphatic rings. The monoisotopic (exact) mass is 211 g/mol. The molecule has 1 radical (unpaired) electrons. The molecule has 0 aliphatic carbocycles. The van der Waals surface area contributed by atoms with Gasteiger partial charge in [0.15, 0.2) is 0 Å². The molecule has 2 aliphatic heterocycles. The van der Waals surface area contributed by atoms with Gasteiger partial charge in [0, 0.05) is 19.6 Å². The Balaban J connectivity index is 1.87. The minimum Gasteiger partial charge on any atom is -0.378 e. The minimum absolute atomic E-state index is 0.0107. The van der Waals surface area contributed by atoms with E-state index in [1.165, 1.54) is 0 Å². The number of carbonyl (C=O) groups is 1. The molecule has 0 aromatic carbocycles. The van der Waals surface area contributed by atoms with Gasteiger partial charge in [0.1, 0.15) is 0 Å². The van der Waals surface area contributed by atoms with Crippen LogP contribution in [0.1, 0.15) is 19.8 Å². The standard InChI is InChI=1S/C11H19N2O2/c1-9(10-8-15-7-4-12-10)11(14)13-5-2-3-6-13/h9-10H,2-8H2,1H3. The Bertz CT molecular complexity index is 221. The van der Waals surface area contributed by atoms with Gasteiger partial charge in [-0.1, -0.05) is 6.92 Å². The molecule has 2 fully saturated rings. The number of nitrogens with zero attached hydrogens (tertiary/aromatic N) is 2. The van der Waals surface area contributed by atoms with E-state index in [2.05, 4.69) is 5.32 Å². The first-order chi connectivity index (χ1) is 7.29. The lowest BCUT2D eigenvalue weighted by atomic mass is 10.0. The molecule has 0 aromatic rings. The SMILES string of the molecule is CC(C(=O)N1CCCC1)C1COCC[N]1. The largest absolute Gasteiger partial charge is 0.378 e. The maximum absolute atomic E-state index is 12.1. The lowest BCUT2D eigenvalue weighted by Crippen LogP contribution is -2.47. The number of rotatable bonds is 2. The van der Waals surface area contributed by atoms with E-state index in [0.29, 0.717) is 13.2 Å². The van der Waals surface area contributed by atoms with Crippen LogP contribution in [0.2, 0.25) is 0 Å². The Morgan fingerprint density at radius 1 is 1.47 bits per heavy atom. The molecule has 0 aromatic heterocycles. The number of ether oxygens (including phenoxy) is 1. The Kier molecular flexibility index (Phi) is 3.59. The number of likely N-dealkylation sites (tertiary alicyclic amines) is 1. The van der Waals surface area contributed by atoms with Gasteiger partial charge >= 0.3 is 0 Å². The highest BCUT2D eigenvalue weighted by Crippen LogP contribution is 2.16. The number of amides is 1. The number of morpholine rings is 1. The van der Waals surface area contributed by atoms with Crippen molar-refractivity contribution in [3.63, 3.8) is 0 Å². The number of hydrogen-bond donors (Lipinski definition) is 0. The van der Waals surface area contributed by atoms with Gasteiger partial charge in [-0.05, 0) is 12.8 Å². The van der Waals surface area contributed by atoms with E-state index < -0.39 is 0 Å². The first kappa shape index (κ1) is 10.9. The first-order valence-corrected chi connectivity index (χ1v) is 5.82. The lowest BCUT2D eigenvalue weighted by Gasteiger charge is -2.29. The second-order valence-electron chi connectivity index (χ2n) is 4.37. The molecule has 2 unspecified atom stereocenters. The van der Waals surface area contributed by atoms with E-state index in [1.807, 2.05) is 11.8 Å². The van der Waals surface area contributed by atoms with Crippen LogP contribution in [-0.4, -0.2) is 49.7 Å². The van der Waals surface area contributed by atoms with E-state index in [0.717, 1.165) is 32.5 Å². The van der Waals surface area contributed by atoms with E-state index in [1.54, 1.807) is 0 Å². The predicted octanol–water partition coefficient (Wildman–Crippen LogP) is 0.248. The van der Waals surface area contributed by atoms with Crippen molar-refractivity contribution in [2.24, 2.45) is 5.92 Å². The normalized spacial score (nSPS) is 29.1. The molecule has 0 N–H and O–H groups in total. The average molecular weight is 211 g/mol. The van der Waals surface area contributed by atoms with Gasteiger partial charge in [0.25, 0.3) is 0 Å². The fraction of sp³-hybridized carbons (Fsp3) is 0.909. The van der Waals surface area contributed by atoms with Gasteiger partial charge in [-0.15, -0.1) is 0 Å². The summed E-state index contributed by atoms with van der Waals surface area (Å²) in [6, 6.07) is 0.0758. The molecule has 0 spiro atoms. The molecule has 4 nitrogen and oxygen atoms in total. The van der Waals surface area contributed by atoms with Crippen LogP contribution in [0.4, 0.5) is 0 Å². The summed E-state index contributed by atoms with van der Waals surface area (Å²) in [6.45, 7) is 5.89. The van der Waals surface area contributed by atoms with E-state index in [4.69, 9.17) is 4.74 Å². The van der Waals surface area contributed by atoms with Crippen LogP contribution in [0, 0.1) is 5.92 Å². The molecule has 2 rings (SSSR count). The van der Waals surface area contributed by atoms with E-state index in [9.17, 15) is 4.79 Å². The van der Waals surface area contributed by atoms with Crippen molar-refractivity contribution in [2.75, 3.05) is 32.8 Å². The predicted molar refractivity (Wildman–Crippen MR) is 56.6 cm³/mol. The summed E-state index contributed by atoms with van der Waals surface area (Å²) >= 11 is 0. The van der Waals surface area contributed by atoms with Gasteiger partial charge in [-0.3, -0.25) is 4.79 Å². The van der Waals surface area contributed by atoms with Gasteiger partial charge in [-0.25, -0.2) is 5.32 Å². The Morgan fingerprint density at radius 3 is 2.80 bits per heavy atom. The first-order valence-electron chi connectivity index (χ1n) is 5.82. The highest BCUT2D eigenvalue weighted by Gasteiger charge is 2.31. The quantitative estimate of drug-likeness (QED) is 0.657. The van der Waals surface area contributed by atoms with Crippen molar-refractivity contribution >= 4 is 5.91 Å². The molecule has 85 valence electrons. The molecule has 2 heterocycles. The van der Waals surface area contributed by atoms with Crippen LogP contribution in [0.3, 0.4) is 0 Å². The molecule has 15 heavy (non-hydrogen) atoms.